The number of hydroxylamine groups is 1. The topological polar surface area (TPSA) is 102 Å². The molecule has 2 N–H and O–H groups in total. The zero-order valence-electron chi connectivity index (χ0n) is 14.8. The summed E-state index contributed by atoms with van der Waals surface area (Å²) in [5.74, 6) is -3.30. The minimum absolute atomic E-state index is 0.0339. The number of hydrogen-bond acceptors (Lipinski definition) is 6. The average molecular weight is 402 g/mol. The standard InChI is InChI=1S/C16H20F2N4O4S/c1-15(20-24)13(19-21(2)14(15)23)11-3-5-12(6-4-11)27(25,26)22-9-7-16(17,18)8-10-22/h3-6,20,24H,7-10H2,1-2H3. The molecule has 1 amide bonds. The van der Waals surface area contributed by atoms with Gasteiger partial charge in [-0.3, -0.25) is 4.79 Å². The molecule has 0 bridgehead atoms. The maximum Gasteiger partial charge on any atom is 0.270 e. The van der Waals surface area contributed by atoms with E-state index in [-0.39, 0.29) is 23.7 Å². The molecule has 2 aliphatic heterocycles. The highest BCUT2D eigenvalue weighted by atomic mass is 32.2. The molecule has 0 aromatic heterocycles. The van der Waals surface area contributed by atoms with Crippen LogP contribution in [-0.2, 0) is 14.8 Å². The molecule has 148 valence electrons. The summed E-state index contributed by atoms with van der Waals surface area (Å²) in [6, 6.07) is 5.60. The molecule has 0 aliphatic carbocycles. The summed E-state index contributed by atoms with van der Waals surface area (Å²) in [5, 5.41) is 14.6. The van der Waals surface area contributed by atoms with Crippen molar-refractivity contribution < 1.29 is 27.2 Å². The van der Waals surface area contributed by atoms with E-state index in [1.54, 1.807) is 0 Å². The van der Waals surface area contributed by atoms with Crippen LogP contribution in [-0.4, -0.2) is 66.2 Å². The van der Waals surface area contributed by atoms with Gasteiger partial charge in [-0.2, -0.15) is 14.9 Å². The molecule has 2 heterocycles. The molecule has 8 nitrogen and oxygen atoms in total. The van der Waals surface area contributed by atoms with Gasteiger partial charge in [0.15, 0.2) is 5.54 Å². The second-order valence-electron chi connectivity index (χ2n) is 6.80. The van der Waals surface area contributed by atoms with Crippen LogP contribution >= 0.6 is 0 Å². The number of carbonyl (C=O) groups is 1. The smallest absolute Gasteiger partial charge is 0.270 e. The van der Waals surface area contributed by atoms with E-state index in [1.165, 1.54) is 38.2 Å². The number of rotatable bonds is 4. The number of likely N-dealkylation sites (N-methyl/N-ethyl adjacent to an activating group) is 1. The van der Waals surface area contributed by atoms with Crippen LogP contribution in [0.1, 0.15) is 25.3 Å². The monoisotopic (exact) mass is 402 g/mol. The Morgan fingerprint density at radius 1 is 1.19 bits per heavy atom. The number of sulfonamides is 1. The fraction of sp³-hybridized carbons (Fsp3) is 0.500. The van der Waals surface area contributed by atoms with Crippen molar-refractivity contribution in [2.24, 2.45) is 5.10 Å². The minimum Gasteiger partial charge on any atom is -0.315 e. The third-order valence-electron chi connectivity index (χ3n) is 4.89. The lowest BCUT2D eigenvalue weighted by Gasteiger charge is -2.31. The van der Waals surface area contributed by atoms with E-state index < -0.39 is 40.2 Å². The number of alkyl halides is 2. The summed E-state index contributed by atoms with van der Waals surface area (Å²) in [4.78, 5) is 12.1. The van der Waals surface area contributed by atoms with Gasteiger partial charge in [0, 0.05) is 38.5 Å². The van der Waals surface area contributed by atoms with Crippen LogP contribution in [0.4, 0.5) is 8.78 Å². The fourth-order valence-electron chi connectivity index (χ4n) is 3.16. The highest BCUT2D eigenvalue weighted by Gasteiger charge is 2.46. The molecule has 3 rings (SSSR count). The summed E-state index contributed by atoms with van der Waals surface area (Å²) < 4.78 is 52.9. The molecule has 1 fully saturated rings. The van der Waals surface area contributed by atoms with Gasteiger partial charge in [0.05, 0.1) is 10.6 Å². The summed E-state index contributed by atoms with van der Waals surface area (Å²) in [5.41, 5.74) is 1.18. The van der Waals surface area contributed by atoms with E-state index in [4.69, 9.17) is 0 Å². The van der Waals surface area contributed by atoms with Crippen molar-refractivity contribution in [2.75, 3.05) is 20.1 Å². The second kappa shape index (κ2) is 6.59. The highest BCUT2D eigenvalue weighted by molar-refractivity contribution is 7.89. The van der Waals surface area contributed by atoms with Gasteiger partial charge in [-0.05, 0) is 19.1 Å². The van der Waals surface area contributed by atoms with Gasteiger partial charge < -0.3 is 5.21 Å². The third kappa shape index (κ3) is 3.35. The Kier molecular flexibility index (Phi) is 4.83. The molecule has 27 heavy (non-hydrogen) atoms. The van der Waals surface area contributed by atoms with Crippen LogP contribution in [0.3, 0.4) is 0 Å². The molecular formula is C16H20F2N4O4S. The van der Waals surface area contributed by atoms with Crippen LogP contribution in [0.5, 0.6) is 0 Å². The molecule has 0 radical (unpaired) electrons. The minimum atomic E-state index is -3.89. The molecule has 2 aliphatic rings. The van der Waals surface area contributed by atoms with Crippen molar-refractivity contribution in [1.29, 1.82) is 0 Å². The number of hydrazone groups is 1. The van der Waals surface area contributed by atoms with Gasteiger partial charge in [-0.15, -0.1) is 0 Å². The van der Waals surface area contributed by atoms with Crippen molar-refractivity contribution in [3.05, 3.63) is 29.8 Å². The van der Waals surface area contributed by atoms with Gasteiger partial charge in [0.1, 0.15) is 0 Å². The normalized spacial score (nSPS) is 26.3. The Morgan fingerprint density at radius 3 is 2.26 bits per heavy atom. The second-order valence-corrected chi connectivity index (χ2v) is 8.74. The van der Waals surface area contributed by atoms with Crippen molar-refractivity contribution in [2.45, 2.75) is 36.1 Å². The van der Waals surface area contributed by atoms with Crippen LogP contribution < -0.4 is 5.48 Å². The highest BCUT2D eigenvalue weighted by Crippen LogP contribution is 2.31. The molecule has 1 saturated heterocycles. The summed E-state index contributed by atoms with van der Waals surface area (Å²) in [6.07, 6.45) is -1.01. The first-order valence-corrected chi connectivity index (χ1v) is 9.72. The molecule has 1 aromatic rings. The Bertz CT molecular complexity index is 878. The number of piperidine rings is 1. The van der Waals surface area contributed by atoms with Gasteiger partial charge in [-0.1, -0.05) is 12.1 Å². The SMILES string of the molecule is CN1N=C(c2ccc(S(=O)(=O)N3CCC(F)(F)CC3)cc2)C(C)(NO)C1=O. The van der Waals surface area contributed by atoms with Gasteiger partial charge in [0.25, 0.3) is 11.8 Å². The summed E-state index contributed by atoms with van der Waals surface area (Å²) in [6.45, 7) is 0.974. The van der Waals surface area contributed by atoms with Crippen LogP contribution in [0, 0.1) is 0 Å². The first kappa shape index (κ1) is 19.8. The maximum atomic E-state index is 13.3. The van der Waals surface area contributed by atoms with E-state index in [0.29, 0.717) is 5.56 Å². The lowest BCUT2D eigenvalue weighted by molar-refractivity contribution is -0.134. The van der Waals surface area contributed by atoms with Crippen LogP contribution in [0.15, 0.2) is 34.3 Å². The van der Waals surface area contributed by atoms with Gasteiger partial charge in [-0.25, -0.2) is 22.2 Å². The predicted molar refractivity (Wildman–Crippen MR) is 92.0 cm³/mol. The number of amides is 1. The number of nitrogens with zero attached hydrogens (tertiary/aromatic N) is 3. The molecule has 1 atom stereocenters. The lowest BCUT2D eigenvalue weighted by Crippen LogP contribution is -2.53. The Hall–Kier alpha value is -1.95. The van der Waals surface area contributed by atoms with E-state index in [0.717, 1.165) is 9.31 Å². The number of halogens is 2. The van der Waals surface area contributed by atoms with Crippen LogP contribution in [0.25, 0.3) is 0 Å². The molecule has 0 spiro atoms. The Labute approximate surface area is 155 Å². The number of benzene rings is 1. The van der Waals surface area contributed by atoms with Crippen LogP contribution in [0.2, 0.25) is 0 Å². The van der Waals surface area contributed by atoms with Crippen molar-refractivity contribution in [3.63, 3.8) is 0 Å². The molecule has 1 unspecified atom stereocenters. The number of nitrogens with one attached hydrogen (secondary N) is 1. The van der Waals surface area contributed by atoms with Crippen molar-refractivity contribution >= 4 is 21.6 Å². The summed E-state index contributed by atoms with van der Waals surface area (Å²) >= 11 is 0. The largest absolute Gasteiger partial charge is 0.315 e. The number of hydrogen-bond donors (Lipinski definition) is 2. The zero-order chi connectivity index (χ0) is 20.0. The van der Waals surface area contributed by atoms with Gasteiger partial charge in [0.2, 0.25) is 10.0 Å². The molecule has 1 aromatic carbocycles. The fourth-order valence-corrected chi connectivity index (χ4v) is 4.60. The lowest BCUT2D eigenvalue weighted by atomic mass is 9.91. The van der Waals surface area contributed by atoms with E-state index >= 15 is 0 Å². The average Bonchev–Trinajstić information content (AvgIpc) is 2.86. The van der Waals surface area contributed by atoms with E-state index in [1.807, 2.05) is 5.48 Å². The van der Waals surface area contributed by atoms with Crippen molar-refractivity contribution in [3.8, 4) is 0 Å². The Morgan fingerprint density at radius 2 is 1.74 bits per heavy atom. The number of carbonyl (C=O) groups excluding carboxylic acids is 1. The van der Waals surface area contributed by atoms with Crippen molar-refractivity contribution in [1.82, 2.24) is 14.8 Å². The van der Waals surface area contributed by atoms with Gasteiger partial charge >= 0.3 is 0 Å². The quantitative estimate of drug-likeness (QED) is 0.732. The first-order valence-electron chi connectivity index (χ1n) is 8.28. The van der Waals surface area contributed by atoms with E-state index in [2.05, 4.69) is 5.10 Å². The zero-order valence-corrected chi connectivity index (χ0v) is 15.6. The molecular weight excluding hydrogens is 382 g/mol. The maximum absolute atomic E-state index is 13.3. The third-order valence-corrected chi connectivity index (χ3v) is 6.80. The Balaban J connectivity index is 1.86. The molecule has 0 saturated carbocycles. The predicted octanol–water partition coefficient (Wildman–Crippen LogP) is 1.02. The first-order chi connectivity index (χ1) is 12.5. The summed E-state index contributed by atoms with van der Waals surface area (Å²) in [7, 11) is -2.45. The molecule has 11 heteroatoms. The van der Waals surface area contributed by atoms with E-state index in [9.17, 15) is 27.2 Å².